The lowest BCUT2D eigenvalue weighted by Gasteiger charge is -2.07. The van der Waals surface area contributed by atoms with Gasteiger partial charge in [0.15, 0.2) is 0 Å². The van der Waals surface area contributed by atoms with E-state index in [2.05, 4.69) is 38.7 Å². The molecule has 0 aliphatic rings. The first-order valence-corrected chi connectivity index (χ1v) is 4.65. The van der Waals surface area contributed by atoms with E-state index in [0.29, 0.717) is 0 Å². The van der Waals surface area contributed by atoms with Gasteiger partial charge >= 0.3 is 0 Å². The minimum Gasteiger partial charge on any atom is -0.258 e. The van der Waals surface area contributed by atoms with E-state index in [-0.39, 0.29) is 0 Å². The van der Waals surface area contributed by atoms with Gasteiger partial charge in [-0.1, -0.05) is 19.9 Å². The monoisotopic (exact) mass is 163 g/mol. The molecule has 0 fully saturated rings. The fourth-order valence-corrected chi connectivity index (χ4v) is 1.53. The van der Waals surface area contributed by atoms with E-state index in [9.17, 15) is 0 Å². The standard InChI is InChI=1S/C11H17N/c1-5-10-7-11(6-2)9(4)12-8(10)3/h7H,5-6H2,1-4H3. The molecule has 0 saturated heterocycles. The third-order valence-corrected chi connectivity index (χ3v) is 2.38. The van der Waals surface area contributed by atoms with Gasteiger partial charge in [-0.2, -0.15) is 0 Å². The van der Waals surface area contributed by atoms with Crippen molar-refractivity contribution in [2.24, 2.45) is 0 Å². The number of hydrogen-bond donors (Lipinski definition) is 0. The third kappa shape index (κ3) is 1.66. The molecule has 0 aromatic carbocycles. The van der Waals surface area contributed by atoms with Crippen molar-refractivity contribution in [3.8, 4) is 0 Å². The highest BCUT2D eigenvalue weighted by Gasteiger charge is 2.02. The number of hydrogen-bond acceptors (Lipinski definition) is 1. The van der Waals surface area contributed by atoms with Gasteiger partial charge in [0.25, 0.3) is 0 Å². The predicted molar refractivity (Wildman–Crippen MR) is 52.5 cm³/mol. The molecule has 0 aliphatic heterocycles. The summed E-state index contributed by atoms with van der Waals surface area (Å²) in [7, 11) is 0. The average molecular weight is 163 g/mol. The van der Waals surface area contributed by atoms with Crippen LogP contribution in [0.3, 0.4) is 0 Å². The van der Waals surface area contributed by atoms with Crippen LogP contribution in [0, 0.1) is 13.8 Å². The molecule has 0 saturated carbocycles. The zero-order valence-corrected chi connectivity index (χ0v) is 8.44. The van der Waals surface area contributed by atoms with Crippen molar-refractivity contribution in [2.75, 3.05) is 0 Å². The van der Waals surface area contributed by atoms with Gasteiger partial charge in [0.2, 0.25) is 0 Å². The SMILES string of the molecule is CCc1cc(CC)c(C)nc1C. The summed E-state index contributed by atoms with van der Waals surface area (Å²) >= 11 is 0. The molecule has 1 rings (SSSR count). The van der Waals surface area contributed by atoms with Gasteiger partial charge < -0.3 is 0 Å². The summed E-state index contributed by atoms with van der Waals surface area (Å²) in [6.07, 6.45) is 2.18. The van der Waals surface area contributed by atoms with Crippen molar-refractivity contribution in [1.82, 2.24) is 4.98 Å². The Labute approximate surface area is 74.8 Å². The Hall–Kier alpha value is -0.850. The molecule has 0 radical (unpaired) electrons. The van der Waals surface area contributed by atoms with Crippen LogP contribution in [0.2, 0.25) is 0 Å². The first-order valence-electron chi connectivity index (χ1n) is 4.65. The maximum Gasteiger partial charge on any atom is 0.0407 e. The smallest absolute Gasteiger partial charge is 0.0407 e. The average Bonchev–Trinajstić information content (AvgIpc) is 2.05. The van der Waals surface area contributed by atoms with Gasteiger partial charge in [0.05, 0.1) is 0 Å². The Balaban J connectivity index is 3.18. The van der Waals surface area contributed by atoms with Crippen LogP contribution in [0.4, 0.5) is 0 Å². The van der Waals surface area contributed by atoms with E-state index < -0.39 is 0 Å². The van der Waals surface area contributed by atoms with E-state index in [4.69, 9.17) is 0 Å². The molecule has 1 nitrogen and oxygen atoms in total. The maximum absolute atomic E-state index is 4.52. The lowest BCUT2D eigenvalue weighted by Crippen LogP contribution is -1.98. The molecule has 1 aromatic rings. The second-order valence-corrected chi connectivity index (χ2v) is 3.18. The van der Waals surface area contributed by atoms with Gasteiger partial charge in [-0.05, 0) is 37.8 Å². The van der Waals surface area contributed by atoms with Crippen molar-refractivity contribution in [1.29, 1.82) is 0 Å². The second kappa shape index (κ2) is 3.70. The number of rotatable bonds is 2. The minimum atomic E-state index is 1.09. The van der Waals surface area contributed by atoms with E-state index in [1.54, 1.807) is 0 Å². The van der Waals surface area contributed by atoms with Crippen molar-refractivity contribution < 1.29 is 0 Å². The molecule has 0 amide bonds. The molecule has 0 bridgehead atoms. The summed E-state index contributed by atoms with van der Waals surface area (Å²) in [6.45, 7) is 8.54. The Morgan fingerprint density at radius 3 is 1.75 bits per heavy atom. The lowest BCUT2D eigenvalue weighted by atomic mass is 10.0. The largest absolute Gasteiger partial charge is 0.258 e. The van der Waals surface area contributed by atoms with Crippen LogP contribution in [-0.2, 0) is 12.8 Å². The first kappa shape index (κ1) is 9.24. The van der Waals surface area contributed by atoms with Crippen LogP contribution in [0.25, 0.3) is 0 Å². The molecular formula is C11H17N. The number of aromatic nitrogens is 1. The number of pyridine rings is 1. The maximum atomic E-state index is 4.52. The molecule has 12 heavy (non-hydrogen) atoms. The fourth-order valence-electron chi connectivity index (χ4n) is 1.53. The Morgan fingerprint density at radius 2 is 1.42 bits per heavy atom. The highest BCUT2D eigenvalue weighted by Crippen LogP contribution is 2.13. The van der Waals surface area contributed by atoms with Crippen LogP contribution in [0.1, 0.15) is 36.4 Å². The van der Waals surface area contributed by atoms with Crippen LogP contribution in [0.15, 0.2) is 6.07 Å². The molecule has 0 spiro atoms. The summed E-state index contributed by atoms with van der Waals surface area (Å²) in [6, 6.07) is 2.29. The summed E-state index contributed by atoms with van der Waals surface area (Å²) in [4.78, 5) is 4.52. The van der Waals surface area contributed by atoms with Crippen LogP contribution in [-0.4, -0.2) is 4.98 Å². The Bertz CT molecular complexity index is 251. The van der Waals surface area contributed by atoms with Crippen molar-refractivity contribution >= 4 is 0 Å². The zero-order valence-electron chi connectivity index (χ0n) is 8.44. The van der Waals surface area contributed by atoms with Crippen LogP contribution < -0.4 is 0 Å². The molecule has 1 heteroatoms. The summed E-state index contributed by atoms with van der Waals surface area (Å²) in [5, 5.41) is 0. The minimum absolute atomic E-state index is 1.09. The van der Waals surface area contributed by atoms with Crippen LogP contribution in [0.5, 0.6) is 0 Å². The molecular weight excluding hydrogens is 146 g/mol. The molecule has 1 aromatic heterocycles. The third-order valence-electron chi connectivity index (χ3n) is 2.38. The fraction of sp³-hybridized carbons (Fsp3) is 0.545. The summed E-state index contributed by atoms with van der Waals surface area (Å²) in [5.41, 5.74) is 5.15. The number of aryl methyl sites for hydroxylation is 4. The second-order valence-electron chi connectivity index (χ2n) is 3.18. The summed E-state index contributed by atoms with van der Waals surface area (Å²) in [5.74, 6) is 0. The van der Waals surface area contributed by atoms with Crippen molar-refractivity contribution in [3.63, 3.8) is 0 Å². The van der Waals surface area contributed by atoms with Gasteiger partial charge in [-0.3, -0.25) is 4.98 Å². The molecule has 1 heterocycles. The van der Waals surface area contributed by atoms with E-state index >= 15 is 0 Å². The van der Waals surface area contributed by atoms with Gasteiger partial charge in [0.1, 0.15) is 0 Å². The van der Waals surface area contributed by atoms with Gasteiger partial charge in [-0.25, -0.2) is 0 Å². The first-order chi connectivity index (χ1) is 5.69. The van der Waals surface area contributed by atoms with E-state index in [0.717, 1.165) is 12.8 Å². The highest BCUT2D eigenvalue weighted by atomic mass is 14.7. The Morgan fingerprint density at radius 1 is 1.00 bits per heavy atom. The lowest BCUT2D eigenvalue weighted by molar-refractivity contribution is 0.967. The molecule has 0 unspecified atom stereocenters. The molecule has 0 N–H and O–H groups in total. The molecule has 0 aliphatic carbocycles. The van der Waals surface area contributed by atoms with E-state index in [1.807, 2.05) is 0 Å². The van der Waals surface area contributed by atoms with Crippen LogP contribution >= 0.6 is 0 Å². The highest BCUT2D eigenvalue weighted by molar-refractivity contribution is 5.29. The normalized spacial score (nSPS) is 10.3. The van der Waals surface area contributed by atoms with Crippen molar-refractivity contribution in [2.45, 2.75) is 40.5 Å². The summed E-state index contributed by atoms with van der Waals surface area (Å²) < 4.78 is 0. The van der Waals surface area contributed by atoms with E-state index in [1.165, 1.54) is 22.5 Å². The van der Waals surface area contributed by atoms with Gasteiger partial charge in [0, 0.05) is 11.4 Å². The van der Waals surface area contributed by atoms with Gasteiger partial charge in [-0.15, -0.1) is 0 Å². The number of nitrogens with zero attached hydrogens (tertiary/aromatic N) is 1. The quantitative estimate of drug-likeness (QED) is 0.653. The topological polar surface area (TPSA) is 12.9 Å². The Kier molecular flexibility index (Phi) is 2.85. The zero-order chi connectivity index (χ0) is 9.14. The predicted octanol–water partition coefficient (Wildman–Crippen LogP) is 2.82. The molecule has 0 atom stereocenters. The molecule has 66 valence electrons. The van der Waals surface area contributed by atoms with Crippen molar-refractivity contribution in [3.05, 3.63) is 28.6 Å².